The minimum Gasteiger partial charge on any atom is -0.258 e. The average molecular weight is 409 g/mol. The van der Waals surface area contributed by atoms with E-state index in [9.17, 15) is 18.5 Å². The molecule has 0 aliphatic carbocycles. The molecule has 29 heavy (non-hydrogen) atoms. The highest BCUT2D eigenvalue weighted by Crippen LogP contribution is 2.17. The van der Waals surface area contributed by atoms with Crippen LogP contribution < -0.4 is 4.83 Å². The van der Waals surface area contributed by atoms with Gasteiger partial charge in [-0.05, 0) is 17.2 Å². The fourth-order valence-electron chi connectivity index (χ4n) is 2.75. The van der Waals surface area contributed by atoms with Gasteiger partial charge in [-0.15, -0.1) is 0 Å². The van der Waals surface area contributed by atoms with E-state index in [1.807, 2.05) is 60.7 Å². The van der Waals surface area contributed by atoms with Crippen molar-refractivity contribution in [3.05, 3.63) is 106 Å². The summed E-state index contributed by atoms with van der Waals surface area (Å²) in [5, 5.41) is 15.1. The molecule has 0 aliphatic heterocycles. The minimum absolute atomic E-state index is 0.214. The molecule has 0 spiro atoms. The molecule has 3 rings (SSSR count). The van der Waals surface area contributed by atoms with E-state index in [1.54, 1.807) is 0 Å². The van der Waals surface area contributed by atoms with Crippen molar-refractivity contribution >= 4 is 21.4 Å². The number of nitrogens with one attached hydrogen (secondary N) is 1. The summed E-state index contributed by atoms with van der Waals surface area (Å²) in [6.45, 7) is 0. The first kappa shape index (κ1) is 20.2. The Labute approximate surface area is 168 Å². The number of sulfonamides is 1. The number of nitro benzene ring substituents is 1. The first-order chi connectivity index (χ1) is 13.9. The molecule has 0 aliphatic rings. The zero-order chi connectivity index (χ0) is 20.7. The third kappa shape index (κ3) is 5.73. The summed E-state index contributed by atoms with van der Waals surface area (Å²) >= 11 is 0. The van der Waals surface area contributed by atoms with Crippen LogP contribution in [0.3, 0.4) is 0 Å². The van der Waals surface area contributed by atoms with E-state index in [-0.39, 0.29) is 10.6 Å². The molecule has 0 amide bonds. The third-order valence-electron chi connectivity index (χ3n) is 4.16. The van der Waals surface area contributed by atoms with Crippen LogP contribution in [0.4, 0.5) is 5.69 Å². The van der Waals surface area contributed by atoms with Crippen molar-refractivity contribution in [2.75, 3.05) is 0 Å². The fourth-order valence-corrected chi connectivity index (χ4v) is 3.63. The van der Waals surface area contributed by atoms with E-state index < -0.39 is 14.9 Å². The smallest absolute Gasteiger partial charge is 0.258 e. The molecule has 0 unspecified atom stereocenters. The number of nitro groups is 1. The van der Waals surface area contributed by atoms with Gasteiger partial charge in [0.1, 0.15) is 0 Å². The molecule has 7 nitrogen and oxygen atoms in total. The van der Waals surface area contributed by atoms with Crippen LogP contribution in [0.5, 0.6) is 0 Å². The summed E-state index contributed by atoms with van der Waals surface area (Å²) < 4.78 is 25.2. The molecule has 0 fully saturated rings. The monoisotopic (exact) mass is 409 g/mol. The van der Waals surface area contributed by atoms with Crippen LogP contribution in [0, 0.1) is 10.1 Å². The number of hydrazone groups is 1. The lowest BCUT2D eigenvalue weighted by Crippen LogP contribution is -2.22. The second-order valence-electron chi connectivity index (χ2n) is 6.35. The minimum atomic E-state index is -4.04. The number of benzene rings is 3. The molecular formula is C21H19N3O4S. The highest BCUT2D eigenvalue weighted by atomic mass is 32.2. The quantitative estimate of drug-likeness (QED) is 0.348. The van der Waals surface area contributed by atoms with Gasteiger partial charge in [-0.2, -0.15) is 13.5 Å². The predicted octanol–water partition coefficient (Wildman–Crippen LogP) is 3.71. The maximum Gasteiger partial charge on any atom is 0.276 e. The van der Waals surface area contributed by atoms with Crippen LogP contribution in [-0.2, 0) is 22.9 Å². The van der Waals surface area contributed by atoms with E-state index in [0.717, 1.165) is 17.2 Å². The molecule has 0 heterocycles. The van der Waals surface area contributed by atoms with Crippen molar-refractivity contribution < 1.29 is 13.3 Å². The van der Waals surface area contributed by atoms with Gasteiger partial charge in [0.15, 0.2) is 0 Å². The van der Waals surface area contributed by atoms with E-state index in [2.05, 4.69) is 9.93 Å². The average Bonchev–Trinajstić information content (AvgIpc) is 2.74. The molecule has 3 aromatic rings. The SMILES string of the molecule is O=[N+]([O-])c1cccc(S(=O)(=O)NN=C(Cc2ccccc2)Cc2ccccc2)c1. The molecule has 0 atom stereocenters. The van der Waals surface area contributed by atoms with Crippen LogP contribution in [0.15, 0.2) is 94.9 Å². The molecule has 0 saturated heterocycles. The van der Waals surface area contributed by atoms with Crippen LogP contribution in [-0.4, -0.2) is 19.1 Å². The maximum atomic E-state index is 12.6. The van der Waals surface area contributed by atoms with E-state index in [1.165, 1.54) is 18.2 Å². The van der Waals surface area contributed by atoms with E-state index in [0.29, 0.717) is 18.6 Å². The van der Waals surface area contributed by atoms with Crippen molar-refractivity contribution in [2.24, 2.45) is 5.10 Å². The van der Waals surface area contributed by atoms with Crippen LogP contribution >= 0.6 is 0 Å². The van der Waals surface area contributed by atoms with Gasteiger partial charge in [0, 0.05) is 30.7 Å². The van der Waals surface area contributed by atoms with Crippen molar-refractivity contribution in [2.45, 2.75) is 17.7 Å². The third-order valence-corrected chi connectivity index (χ3v) is 5.37. The van der Waals surface area contributed by atoms with Gasteiger partial charge in [-0.25, -0.2) is 4.83 Å². The molecule has 3 aromatic carbocycles. The molecule has 148 valence electrons. The van der Waals surface area contributed by atoms with Gasteiger partial charge < -0.3 is 0 Å². The zero-order valence-corrected chi connectivity index (χ0v) is 16.2. The largest absolute Gasteiger partial charge is 0.276 e. The Morgan fingerprint density at radius 1 is 0.862 bits per heavy atom. The van der Waals surface area contributed by atoms with Crippen LogP contribution in [0.2, 0.25) is 0 Å². The lowest BCUT2D eigenvalue weighted by Gasteiger charge is -2.09. The van der Waals surface area contributed by atoms with Gasteiger partial charge in [0.2, 0.25) is 0 Å². The number of nitrogens with zero attached hydrogens (tertiary/aromatic N) is 2. The summed E-state index contributed by atoms with van der Waals surface area (Å²) in [5.41, 5.74) is 2.32. The Morgan fingerprint density at radius 3 is 1.93 bits per heavy atom. The Morgan fingerprint density at radius 2 is 1.41 bits per heavy atom. The van der Waals surface area contributed by atoms with Crippen molar-refractivity contribution in [1.29, 1.82) is 0 Å². The fraction of sp³-hybridized carbons (Fsp3) is 0.0952. The van der Waals surface area contributed by atoms with Crippen molar-refractivity contribution in [3.63, 3.8) is 0 Å². The maximum absolute atomic E-state index is 12.6. The summed E-state index contributed by atoms with van der Waals surface area (Å²) in [4.78, 5) is 12.3. The predicted molar refractivity (Wildman–Crippen MR) is 111 cm³/mol. The number of hydrogen-bond donors (Lipinski definition) is 1. The standard InChI is InChI=1S/C21H19N3O4S/c25-24(26)20-12-7-13-21(16-20)29(27,28)23-22-19(14-17-8-3-1-4-9-17)15-18-10-5-2-6-11-18/h1-13,16,23H,14-15H2. The number of hydrogen-bond acceptors (Lipinski definition) is 5. The molecule has 0 bridgehead atoms. The van der Waals surface area contributed by atoms with Crippen molar-refractivity contribution in [3.8, 4) is 0 Å². The normalized spacial score (nSPS) is 10.9. The molecule has 0 saturated carbocycles. The Kier molecular flexibility index (Phi) is 6.36. The summed E-state index contributed by atoms with van der Waals surface area (Å²) in [6, 6.07) is 24.0. The van der Waals surface area contributed by atoms with Gasteiger partial charge in [0.05, 0.1) is 9.82 Å². The number of rotatable bonds is 8. The summed E-state index contributed by atoms with van der Waals surface area (Å²) in [6.07, 6.45) is 0.931. The highest BCUT2D eigenvalue weighted by Gasteiger charge is 2.17. The summed E-state index contributed by atoms with van der Waals surface area (Å²) in [7, 11) is -4.04. The van der Waals surface area contributed by atoms with Gasteiger partial charge in [0.25, 0.3) is 15.7 Å². The second-order valence-corrected chi connectivity index (χ2v) is 8.01. The molecular weight excluding hydrogens is 390 g/mol. The molecule has 0 radical (unpaired) electrons. The lowest BCUT2D eigenvalue weighted by molar-refractivity contribution is -0.385. The lowest BCUT2D eigenvalue weighted by atomic mass is 10.0. The second kappa shape index (κ2) is 9.11. The summed E-state index contributed by atoms with van der Waals surface area (Å²) in [5.74, 6) is 0. The van der Waals surface area contributed by atoms with E-state index >= 15 is 0 Å². The van der Waals surface area contributed by atoms with Crippen LogP contribution in [0.25, 0.3) is 0 Å². The van der Waals surface area contributed by atoms with Gasteiger partial charge >= 0.3 is 0 Å². The highest BCUT2D eigenvalue weighted by molar-refractivity contribution is 7.89. The molecule has 8 heteroatoms. The zero-order valence-electron chi connectivity index (χ0n) is 15.4. The Balaban J connectivity index is 1.86. The number of non-ortho nitro benzene ring substituents is 1. The van der Waals surface area contributed by atoms with E-state index in [4.69, 9.17) is 0 Å². The topological polar surface area (TPSA) is 102 Å². The Bertz CT molecular complexity index is 1070. The first-order valence-electron chi connectivity index (χ1n) is 8.83. The Hall–Kier alpha value is -3.52. The first-order valence-corrected chi connectivity index (χ1v) is 10.3. The van der Waals surface area contributed by atoms with Gasteiger partial charge in [-0.1, -0.05) is 66.7 Å². The molecule has 0 aromatic heterocycles. The van der Waals surface area contributed by atoms with Crippen molar-refractivity contribution in [1.82, 2.24) is 4.83 Å². The van der Waals surface area contributed by atoms with Gasteiger partial charge in [-0.3, -0.25) is 10.1 Å². The molecule has 1 N–H and O–H groups in total. The van der Waals surface area contributed by atoms with Crippen LogP contribution in [0.1, 0.15) is 11.1 Å².